The molecule has 0 radical (unpaired) electrons. The van der Waals surface area contributed by atoms with Crippen LogP contribution in [0.2, 0.25) is 0 Å². The highest BCUT2D eigenvalue weighted by molar-refractivity contribution is 5.95. The van der Waals surface area contributed by atoms with Crippen LogP contribution >= 0.6 is 0 Å². The summed E-state index contributed by atoms with van der Waals surface area (Å²) in [6.45, 7) is 2.12. The molecule has 0 bridgehead atoms. The lowest BCUT2D eigenvalue weighted by Crippen LogP contribution is -2.26. The molecule has 1 aromatic heterocycles. The first-order valence-corrected chi connectivity index (χ1v) is 6.82. The van der Waals surface area contributed by atoms with Crippen molar-refractivity contribution in [1.29, 1.82) is 0 Å². The Hall–Kier alpha value is -1.79. The molecule has 1 aliphatic rings. The number of amides is 1. The fourth-order valence-electron chi connectivity index (χ4n) is 2.38. The summed E-state index contributed by atoms with van der Waals surface area (Å²) in [5.74, 6) is -0.595. The molecule has 7 heteroatoms. The lowest BCUT2D eigenvalue weighted by atomic mass is 9.89. The Morgan fingerprint density at radius 3 is 2.43 bits per heavy atom. The van der Waals surface area contributed by atoms with Crippen LogP contribution in [0, 0.1) is 5.92 Å². The van der Waals surface area contributed by atoms with E-state index in [4.69, 9.17) is 10.5 Å². The van der Waals surface area contributed by atoms with Crippen molar-refractivity contribution in [2.75, 3.05) is 0 Å². The number of carbonyl (C=O) groups is 1. The quantitative estimate of drug-likeness (QED) is 0.932. The topological polar surface area (TPSA) is 65.2 Å². The smallest absolute Gasteiger partial charge is 0.433 e. The van der Waals surface area contributed by atoms with Gasteiger partial charge in [-0.25, -0.2) is 4.98 Å². The second-order valence-corrected chi connectivity index (χ2v) is 5.41. The summed E-state index contributed by atoms with van der Waals surface area (Å²) in [6, 6.07) is 1.74. The molecule has 1 heterocycles. The molecule has 4 nitrogen and oxygen atoms in total. The molecule has 21 heavy (non-hydrogen) atoms. The molecule has 0 spiro atoms. The average molecular weight is 302 g/mol. The number of hydrogen-bond acceptors (Lipinski definition) is 3. The van der Waals surface area contributed by atoms with Gasteiger partial charge in [-0.15, -0.1) is 0 Å². The highest BCUT2D eigenvalue weighted by Crippen LogP contribution is 2.32. The van der Waals surface area contributed by atoms with Crippen LogP contribution in [0.15, 0.2) is 12.1 Å². The maximum Gasteiger partial charge on any atom is 0.433 e. The molecule has 0 aromatic carbocycles. The second-order valence-electron chi connectivity index (χ2n) is 5.41. The molecule has 116 valence electrons. The molecule has 1 fully saturated rings. The molecule has 1 aromatic rings. The lowest BCUT2D eigenvalue weighted by Gasteiger charge is -2.27. The monoisotopic (exact) mass is 302 g/mol. The Labute approximate surface area is 120 Å². The number of nitrogens with zero attached hydrogens (tertiary/aromatic N) is 1. The zero-order chi connectivity index (χ0) is 15.6. The number of rotatable bonds is 3. The molecule has 0 atom stereocenters. The highest BCUT2D eigenvalue weighted by atomic mass is 19.4. The summed E-state index contributed by atoms with van der Waals surface area (Å²) < 4.78 is 43.6. The molecule has 1 amide bonds. The molecule has 0 aliphatic heterocycles. The average Bonchev–Trinajstić information content (AvgIpc) is 2.40. The number of halogens is 3. The van der Waals surface area contributed by atoms with E-state index in [1.54, 1.807) is 0 Å². The number of primary amides is 1. The van der Waals surface area contributed by atoms with Crippen LogP contribution in [-0.2, 0) is 6.18 Å². The number of ether oxygens (including phenoxy) is 1. The van der Waals surface area contributed by atoms with Gasteiger partial charge in [0.25, 0.3) is 5.91 Å². The summed E-state index contributed by atoms with van der Waals surface area (Å²) >= 11 is 0. The van der Waals surface area contributed by atoms with E-state index in [1.165, 1.54) is 0 Å². The van der Waals surface area contributed by atoms with E-state index < -0.39 is 17.8 Å². The Morgan fingerprint density at radius 1 is 1.29 bits per heavy atom. The van der Waals surface area contributed by atoms with Gasteiger partial charge in [-0.05, 0) is 43.7 Å². The van der Waals surface area contributed by atoms with E-state index in [1.807, 2.05) is 0 Å². The van der Waals surface area contributed by atoms with E-state index in [0.29, 0.717) is 5.92 Å². The zero-order valence-electron chi connectivity index (χ0n) is 11.6. The van der Waals surface area contributed by atoms with Crippen molar-refractivity contribution in [1.82, 2.24) is 4.98 Å². The van der Waals surface area contributed by atoms with E-state index in [0.717, 1.165) is 37.8 Å². The van der Waals surface area contributed by atoms with Crippen molar-refractivity contribution in [3.63, 3.8) is 0 Å². The number of carbonyl (C=O) groups excluding carboxylic acids is 1. The van der Waals surface area contributed by atoms with Crippen LogP contribution in [0.3, 0.4) is 0 Å². The van der Waals surface area contributed by atoms with Crippen LogP contribution in [-0.4, -0.2) is 17.0 Å². The van der Waals surface area contributed by atoms with Gasteiger partial charge in [-0.2, -0.15) is 13.2 Å². The SMILES string of the molecule is CC1CCC(Oc2nc(C(F)(F)F)ccc2C(N)=O)CC1. The summed E-state index contributed by atoms with van der Waals surface area (Å²) in [4.78, 5) is 14.7. The lowest BCUT2D eigenvalue weighted by molar-refractivity contribution is -0.141. The largest absolute Gasteiger partial charge is 0.474 e. The van der Waals surface area contributed by atoms with Gasteiger partial charge in [-0.1, -0.05) is 6.92 Å². The number of pyridine rings is 1. The molecule has 0 saturated heterocycles. The van der Waals surface area contributed by atoms with E-state index in [-0.39, 0.29) is 17.5 Å². The van der Waals surface area contributed by atoms with Crippen molar-refractivity contribution in [3.8, 4) is 5.88 Å². The second kappa shape index (κ2) is 5.91. The van der Waals surface area contributed by atoms with Gasteiger partial charge in [-0.3, -0.25) is 4.79 Å². The molecular formula is C14H17F3N2O2. The van der Waals surface area contributed by atoms with Gasteiger partial charge < -0.3 is 10.5 Å². The van der Waals surface area contributed by atoms with Crippen LogP contribution in [0.5, 0.6) is 5.88 Å². The first kappa shape index (κ1) is 15.6. The van der Waals surface area contributed by atoms with Crippen LogP contribution in [0.4, 0.5) is 13.2 Å². The number of nitrogens with two attached hydrogens (primary N) is 1. The molecule has 1 saturated carbocycles. The Morgan fingerprint density at radius 2 is 1.90 bits per heavy atom. The first-order chi connectivity index (χ1) is 9.77. The maximum atomic E-state index is 12.7. The fraction of sp³-hybridized carbons (Fsp3) is 0.571. The van der Waals surface area contributed by atoms with Crippen molar-refractivity contribution >= 4 is 5.91 Å². The normalized spacial score (nSPS) is 22.9. The van der Waals surface area contributed by atoms with Gasteiger partial charge in [0, 0.05) is 0 Å². The maximum absolute atomic E-state index is 12.7. The Kier molecular flexibility index (Phi) is 4.39. The van der Waals surface area contributed by atoms with Gasteiger partial charge in [0.2, 0.25) is 5.88 Å². The van der Waals surface area contributed by atoms with Crippen molar-refractivity contribution in [2.24, 2.45) is 11.7 Å². The summed E-state index contributed by atoms with van der Waals surface area (Å²) in [5, 5.41) is 0. The fourth-order valence-corrected chi connectivity index (χ4v) is 2.38. The summed E-state index contributed by atoms with van der Waals surface area (Å²) in [5.41, 5.74) is 3.95. The molecule has 2 rings (SSSR count). The minimum atomic E-state index is -4.59. The summed E-state index contributed by atoms with van der Waals surface area (Å²) in [7, 11) is 0. The zero-order valence-corrected chi connectivity index (χ0v) is 11.6. The van der Waals surface area contributed by atoms with Gasteiger partial charge in [0.1, 0.15) is 17.4 Å². The molecule has 0 unspecified atom stereocenters. The first-order valence-electron chi connectivity index (χ1n) is 6.82. The van der Waals surface area contributed by atoms with Gasteiger partial charge in [0.05, 0.1) is 0 Å². The van der Waals surface area contributed by atoms with Crippen molar-refractivity contribution in [3.05, 3.63) is 23.4 Å². The van der Waals surface area contributed by atoms with E-state index in [9.17, 15) is 18.0 Å². The van der Waals surface area contributed by atoms with E-state index >= 15 is 0 Å². The summed E-state index contributed by atoms with van der Waals surface area (Å²) in [6.07, 6.45) is -1.47. The van der Waals surface area contributed by atoms with Gasteiger partial charge >= 0.3 is 6.18 Å². The van der Waals surface area contributed by atoms with Crippen LogP contribution < -0.4 is 10.5 Å². The van der Waals surface area contributed by atoms with Crippen LogP contribution in [0.25, 0.3) is 0 Å². The molecule has 1 aliphatic carbocycles. The predicted molar refractivity (Wildman–Crippen MR) is 69.8 cm³/mol. The van der Waals surface area contributed by atoms with E-state index in [2.05, 4.69) is 11.9 Å². The number of alkyl halides is 3. The number of hydrogen-bond donors (Lipinski definition) is 1. The Balaban J connectivity index is 2.24. The minimum absolute atomic E-state index is 0.123. The Bertz CT molecular complexity index is 523. The third-order valence-electron chi connectivity index (χ3n) is 3.66. The van der Waals surface area contributed by atoms with Crippen LogP contribution in [0.1, 0.15) is 48.7 Å². The standard InChI is InChI=1S/C14H17F3N2O2/c1-8-2-4-9(5-3-8)21-13-10(12(18)20)6-7-11(19-13)14(15,16)17/h6-9H,2-5H2,1H3,(H2,18,20). The number of aromatic nitrogens is 1. The van der Waals surface area contributed by atoms with Crippen molar-refractivity contribution < 1.29 is 22.7 Å². The third kappa shape index (κ3) is 3.86. The minimum Gasteiger partial charge on any atom is -0.474 e. The van der Waals surface area contributed by atoms with Crippen molar-refractivity contribution in [2.45, 2.75) is 44.9 Å². The highest BCUT2D eigenvalue weighted by Gasteiger charge is 2.34. The van der Waals surface area contributed by atoms with Gasteiger partial charge in [0.15, 0.2) is 0 Å². The molecule has 2 N–H and O–H groups in total. The predicted octanol–water partition coefficient (Wildman–Crippen LogP) is 3.16. The molecular weight excluding hydrogens is 285 g/mol. The third-order valence-corrected chi connectivity index (χ3v) is 3.66.